The number of nitrogens with zero attached hydrogens (tertiary/aromatic N) is 1. The normalized spacial score (nSPS) is 19.5. The highest BCUT2D eigenvalue weighted by Gasteiger charge is 2.24. The molecule has 0 saturated heterocycles. The molecule has 0 radical (unpaired) electrons. The largest absolute Gasteiger partial charge is 0.309 e. The Morgan fingerprint density at radius 3 is 2.79 bits per heavy atom. The van der Waals surface area contributed by atoms with Gasteiger partial charge in [-0.05, 0) is 30.6 Å². The van der Waals surface area contributed by atoms with Gasteiger partial charge in [0, 0.05) is 30.6 Å². The van der Waals surface area contributed by atoms with Crippen LogP contribution in [0.2, 0.25) is 0 Å². The minimum absolute atomic E-state index is 0.306. The highest BCUT2D eigenvalue weighted by atomic mass is 32.2. The molecule has 1 aliphatic heterocycles. The summed E-state index contributed by atoms with van der Waals surface area (Å²) in [4.78, 5) is 2.27. The van der Waals surface area contributed by atoms with Crippen LogP contribution in [-0.2, 0) is 5.75 Å². The first-order chi connectivity index (χ1) is 8.98. The SMILES string of the molecule is CN(C)CC(C)(C)CNC1CSCc2ccccc21. The van der Waals surface area contributed by atoms with Crippen LogP contribution in [-0.4, -0.2) is 37.8 Å². The fourth-order valence-corrected chi connectivity index (χ4v) is 4.00. The van der Waals surface area contributed by atoms with Gasteiger partial charge in [-0.2, -0.15) is 11.8 Å². The van der Waals surface area contributed by atoms with E-state index in [2.05, 4.69) is 62.4 Å². The smallest absolute Gasteiger partial charge is 0.0415 e. The van der Waals surface area contributed by atoms with Crippen molar-refractivity contribution in [2.75, 3.05) is 32.9 Å². The van der Waals surface area contributed by atoms with E-state index in [0.717, 1.165) is 18.8 Å². The maximum absolute atomic E-state index is 3.78. The Morgan fingerprint density at radius 1 is 1.32 bits per heavy atom. The van der Waals surface area contributed by atoms with Crippen LogP contribution in [0.25, 0.3) is 0 Å². The minimum Gasteiger partial charge on any atom is -0.309 e. The average Bonchev–Trinajstić information content (AvgIpc) is 2.35. The summed E-state index contributed by atoms with van der Waals surface area (Å²) in [5.41, 5.74) is 3.31. The van der Waals surface area contributed by atoms with Gasteiger partial charge in [0.15, 0.2) is 0 Å². The molecule has 1 N–H and O–H groups in total. The molecule has 1 atom stereocenters. The van der Waals surface area contributed by atoms with Crippen molar-refractivity contribution in [2.24, 2.45) is 5.41 Å². The van der Waals surface area contributed by atoms with Gasteiger partial charge in [-0.15, -0.1) is 0 Å². The topological polar surface area (TPSA) is 15.3 Å². The third-order valence-corrected chi connectivity index (χ3v) is 4.63. The maximum atomic E-state index is 3.78. The van der Waals surface area contributed by atoms with Gasteiger partial charge in [0.05, 0.1) is 0 Å². The fraction of sp³-hybridized carbons (Fsp3) is 0.625. The summed E-state index contributed by atoms with van der Waals surface area (Å²) in [5, 5.41) is 3.78. The molecule has 2 nitrogen and oxygen atoms in total. The van der Waals surface area contributed by atoms with Crippen LogP contribution in [0.3, 0.4) is 0 Å². The van der Waals surface area contributed by atoms with Gasteiger partial charge in [0.2, 0.25) is 0 Å². The Hall–Kier alpha value is -0.510. The third-order valence-electron chi connectivity index (χ3n) is 3.54. The van der Waals surface area contributed by atoms with Crippen LogP contribution < -0.4 is 5.32 Å². The molecule has 0 saturated carbocycles. The number of benzene rings is 1. The van der Waals surface area contributed by atoms with Gasteiger partial charge in [0.1, 0.15) is 0 Å². The van der Waals surface area contributed by atoms with E-state index in [-0.39, 0.29) is 0 Å². The molecule has 0 bridgehead atoms. The van der Waals surface area contributed by atoms with E-state index in [4.69, 9.17) is 0 Å². The second kappa shape index (κ2) is 6.29. The van der Waals surface area contributed by atoms with E-state index in [9.17, 15) is 0 Å². The summed E-state index contributed by atoms with van der Waals surface area (Å²) in [5.74, 6) is 2.35. The molecule has 2 rings (SSSR count). The summed E-state index contributed by atoms with van der Waals surface area (Å²) < 4.78 is 0. The summed E-state index contributed by atoms with van der Waals surface area (Å²) in [6.45, 7) is 6.84. The van der Waals surface area contributed by atoms with Gasteiger partial charge in [-0.25, -0.2) is 0 Å². The van der Waals surface area contributed by atoms with E-state index in [0.29, 0.717) is 11.5 Å². The quantitative estimate of drug-likeness (QED) is 0.891. The highest BCUT2D eigenvalue weighted by molar-refractivity contribution is 7.98. The van der Waals surface area contributed by atoms with Crippen LogP contribution in [0.15, 0.2) is 24.3 Å². The third kappa shape index (κ3) is 4.23. The molecule has 0 fully saturated rings. The summed E-state index contributed by atoms with van der Waals surface area (Å²) in [6, 6.07) is 9.37. The van der Waals surface area contributed by atoms with Crippen LogP contribution >= 0.6 is 11.8 Å². The van der Waals surface area contributed by atoms with Crippen molar-refractivity contribution in [3.63, 3.8) is 0 Å². The highest BCUT2D eigenvalue weighted by Crippen LogP contribution is 2.32. The van der Waals surface area contributed by atoms with Gasteiger partial charge >= 0.3 is 0 Å². The summed E-state index contributed by atoms with van der Waals surface area (Å²) in [6.07, 6.45) is 0. The van der Waals surface area contributed by atoms with Crippen LogP contribution in [0.5, 0.6) is 0 Å². The molecular formula is C16H26N2S. The van der Waals surface area contributed by atoms with Crippen molar-refractivity contribution >= 4 is 11.8 Å². The second-order valence-electron chi connectivity index (χ2n) is 6.55. The van der Waals surface area contributed by atoms with Gasteiger partial charge in [-0.3, -0.25) is 0 Å². The fourth-order valence-electron chi connectivity index (χ4n) is 2.86. The number of fused-ring (bicyclic) bond motifs is 1. The van der Waals surface area contributed by atoms with E-state index in [1.165, 1.54) is 16.9 Å². The Morgan fingerprint density at radius 2 is 2.05 bits per heavy atom. The van der Waals surface area contributed by atoms with E-state index in [1.54, 1.807) is 0 Å². The molecule has 0 aliphatic carbocycles. The predicted molar refractivity (Wildman–Crippen MR) is 85.7 cm³/mol. The van der Waals surface area contributed by atoms with Crippen LogP contribution in [0.1, 0.15) is 31.0 Å². The maximum Gasteiger partial charge on any atom is 0.0415 e. The molecule has 3 heteroatoms. The van der Waals surface area contributed by atoms with Crippen molar-refractivity contribution in [2.45, 2.75) is 25.6 Å². The van der Waals surface area contributed by atoms with Crippen molar-refractivity contribution in [1.82, 2.24) is 10.2 Å². The standard InChI is InChI=1S/C16H26N2S/c1-16(2,12-18(3)4)11-17-15-10-19-9-13-7-5-6-8-14(13)15/h5-8,15,17H,9-12H2,1-4H3. The molecule has 1 aromatic carbocycles. The Bertz CT molecular complexity index is 415. The van der Waals surface area contributed by atoms with Crippen molar-refractivity contribution in [3.05, 3.63) is 35.4 Å². The van der Waals surface area contributed by atoms with Crippen LogP contribution in [0, 0.1) is 5.41 Å². The van der Waals surface area contributed by atoms with E-state index in [1.807, 2.05) is 11.8 Å². The number of thioether (sulfide) groups is 1. The first kappa shape index (κ1) is 14.9. The molecule has 0 aromatic heterocycles. The van der Waals surface area contributed by atoms with E-state index < -0.39 is 0 Å². The van der Waals surface area contributed by atoms with Gasteiger partial charge < -0.3 is 10.2 Å². The van der Waals surface area contributed by atoms with Gasteiger partial charge in [0.25, 0.3) is 0 Å². The molecular weight excluding hydrogens is 252 g/mol. The van der Waals surface area contributed by atoms with Gasteiger partial charge in [-0.1, -0.05) is 38.1 Å². The second-order valence-corrected chi connectivity index (χ2v) is 7.58. The Kier molecular flexibility index (Phi) is 4.93. The molecule has 0 amide bonds. The zero-order valence-corrected chi connectivity index (χ0v) is 13.4. The summed E-state index contributed by atoms with van der Waals surface area (Å²) in [7, 11) is 4.29. The number of nitrogens with one attached hydrogen (secondary N) is 1. The lowest BCUT2D eigenvalue weighted by Gasteiger charge is -2.33. The lowest BCUT2D eigenvalue weighted by molar-refractivity contribution is 0.227. The first-order valence-corrected chi connectivity index (χ1v) is 8.17. The number of rotatable bonds is 5. The van der Waals surface area contributed by atoms with E-state index >= 15 is 0 Å². The average molecular weight is 278 g/mol. The molecule has 1 aromatic rings. The Labute approximate surface area is 122 Å². The number of hydrogen-bond donors (Lipinski definition) is 1. The molecule has 106 valence electrons. The first-order valence-electron chi connectivity index (χ1n) is 7.02. The molecule has 1 heterocycles. The molecule has 1 unspecified atom stereocenters. The number of hydrogen-bond acceptors (Lipinski definition) is 3. The molecule has 0 spiro atoms. The molecule has 1 aliphatic rings. The van der Waals surface area contributed by atoms with Crippen molar-refractivity contribution < 1.29 is 0 Å². The summed E-state index contributed by atoms with van der Waals surface area (Å²) >= 11 is 2.04. The predicted octanol–water partition coefficient (Wildman–Crippen LogP) is 3.15. The Balaban J connectivity index is 1.98. The minimum atomic E-state index is 0.306. The zero-order valence-electron chi connectivity index (χ0n) is 12.6. The molecule has 19 heavy (non-hydrogen) atoms. The zero-order chi connectivity index (χ0) is 13.9. The van der Waals surface area contributed by atoms with Crippen LogP contribution in [0.4, 0.5) is 0 Å². The lowest BCUT2D eigenvalue weighted by atomic mass is 9.92. The van der Waals surface area contributed by atoms with Crippen molar-refractivity contribution in [1.29, 1.82) is 0 Å². The lowest BCUT2D eigenvalue weighted by Crippen LogP contribution is -2.40. The monoisotopic (exact) mass is 278 g/mol. The van der Waals surface area contributed by atoms with Crippen molar-refractivity contribution in [3.8, 4) is 0 Å².